The number of ether oxygens (including phenoxy) is 1. The summed E-state index contributed by atoms with van der Waals surface area (Å²) in [7, 11) is 3.85. The van der Waals surface area contributed by atoms with Crippen LogP contribution < -0.4 is 9.64 Å². The molecule has 0 spiro atoms. The van der Waals surface area contributed by atoms with Crippen molar-refractivity contribution >= 4 is 68.2 Å². The molecule has 0 N–H and O–H groups in total. The molecule has 168 valence electrons. The van der Waals surface area contributed by atoms with Crippen LogP contribution in [0.4, 0.5) is 13.9 Å². The van der Waals surface area contributed by atoms with Gasteiger partial charge in [0.15, 0.2) is 17.6 Å². The Labute approximate surface area is 198 Å². The lowest BCUT2D eigenvalue weighted by molar-refractivity contribution is -0.120. The molecule has 0 unspecified atom stereocenters. The highest BCUT2D eigenvalue weighted by Gasteiger charge is 2.22. The molecule has 0 fully saturated rings. The van der Waals surface area contributed by atoms with Gasteiger partial charge in [0.05, 0.1) is 9.72 Å². The van der Waals surface area contributed by atoms with Crippen LogP contribution in [-0.4, -0.2) is 49.6 Å². The fourth-order valence-electron chi connectivity index (χ4n) is 2.74. The van der Waals surface area contributed by atoms with Crippen molar-refractivity contribution in [2.75, 3.05) is 38.7 Å². The Morgan fingerprint density at radius 1 is 1.16 bits per heavy atom. The highest BCUT2D eigenvalue weighted by Crippen LogP contribution is 2.32. The van der Waals surface area contributed by atoms with Gasteiger partial charge in [-0.3, -0.25) is 9.69 Å². The monoisotopic (exact) mass is 509 g/mol. The summed E-state index contributed by atoms with van der Waals surface area (Å²) in [4.78, 5) is 20.6. The summed E-state index contributed by atoms with van der Waals surface area (Å²) < 4.78 is 33.5. The Morgan fingerprint density at radius 3 is 2.58 bits per heavy atom. The van der Waals surface area contributed by atoms with E-state index in [1.807, 2.05) is 19.0 Å². The summed E-state index contributed by atoms with van der Waals surface area (Å²) in [6.45, 7) is 0.788. The van der Waals surface area contributed by atoms with Gasteiger partial charge in [-0.25, -0.2) is 13.8 Å². The fraction of sp³-hybridized carbons (Fsp3) is 0.300. The van der Waals surface area contributed by atoms with Gasteiger partial charge in [-0.05, 0) is 51.3 Å². The van der Waals surface area contributed by atoms with Gasteiger partial charge in [0, 0.05) is 17.6 Å². The van der Waals surface area contributed by atoms with Crippen molar-refractivity contribution in [3.63, 3.8) is 0 Å². The number of hydrogen-bond acceptors (Lipinski definition) is 5. The molecule has 1 amide bonds. The van der Waals surface area contributed by atoms with E-state index in [0.717, 1.165) is 23.9 Å². The molecule has 0 bridgehead atoms. The number of aromatic nitrogens is 1. The van der Waals surface area contributed by atoms with Gasteiger partial charge in [0.25, 0.3) is 5.91 Å². The summed E-state index contributed by atoms with van der Waals surface area (Å²) in [5, 5.41) is 1.02. The van der Waals surface area contributed by atoms with E-state index in [0.29, 0.717) is 28.4 Å². The highest BCUT2D eigenvalue weighted by atomic mass is 35.5. The second-order valence-electron chi connectivity index (χ2n) is 6.80. The first-order valence-electron chi connectivity index (χ1n) is 9.03. The molecule has 5 nitrogen and oxygen atoms in total. The Balaban J connectivity index is 0.00000341. The fourth-order valence-corrected chi connectivity index (χ4v) is 4.25. The van der Waals surface area contributed by atoms with Crippen LogP contribution in [0.25, 0.3) is 10.2 Å². The molecular formula is C20H20Cl3F2N3O2S. The molecule has 0 saturated heterocycles. The Morgan fingerprint density at radius 2 is 1.90 bits per heavy atom. The second kappa shape index (κ2) is 11.2. The molecule has 3 aromatic rings. The number of anilines is 1. The molecule has 0 aliphatic rings. The van der Waals surface area contributed by atoms with E-state index < -0.39 is 11.6 Å². The number of thiazole rings is 1. The number of amides is 1. The van der Waals surface area contributed by atoms with Crippen molar-refractivity contribution < 1.29 is 18.3 Å². The summed E-state index contributed by atoms with van der Waals surface area (Å²) in [5.41, 5.74) is 0.0310. The smallest absolute Gasteiger partial charge is 0.266 e. The van der Waals surface area contributed by atoms with Crippen LogP contribution in [0.2, 0.25) is 10.0 Å². The molecule has 2 aromatic carbocycles. The first kappa shape index (κ1) is 25.5. The highest BCUT2D eigenvalue weighted by molar-refractivity contribution is 7.22. The minimum absolute atomic E-state index is 0. The lowest BCUT2D eigenvalue weighted by Gasteiger charge is -2.21. The summed E-state index contributed by atoms with van der Waals surface area (Å²) in [6.07, 6.45) is 0.660. The Hall–Kier alpha value is -1.71. The van der Waals surface area contributed by atoms with Gasteiger partial charge < -0.3 is 9.64 Å². The predicted octanol–water partition coefficient (Wildman–Crippen LogP) is 5.67. The van der Waals surface area contributed by atoms with E-state index in [2.05, 4.69) is 4.98 Å². The van der Waals surface area contributed by atoms with Crippen LogP contribution in [0.5, 0.6) is 5.75 Å². The number of hydrogen-bond donors (Lipinski definition) is 0. The number of fused-ring (bicyclic) bond motifs is 1. The number of nitrogens with zero attached hydrogens (tertiary/aromatic N) is 3. The molecule has 0 radical (unpaired) electrons. The summed E-state index contributed by atoms with van der Waals surface area (Å²) in [5.74, 6) is -1.52. The van der Waals surface area contributed by atoms with E-state index in [1.165, 1.54) is 17.0 Å². The second-order valence-corrected chi connectivity index (χ2v) is 8.65. The average Bonchev–Trinajstić information content (AvgIpc) is 3.08. The van der Waals surface area contributed by atoms with E-state index in [-0.39, 0.29) is 40.6 Å². The summed E-state index contributed by atoms with van der Waals surface area (Å²) in [6, 6.07) is 6.67. The van der Waals surface area contributed by atoms with Gasteiger partial charge in [-0.15, -0.1) is 12.4 Å². The molecule has 0 atom stereocenters. The Kier molecular flexibility index (Phi) is 9.27. The molecular weight excluding hydrogens is 491 g/mol. The van der Waals surface area contributed by atoms with Crippen molar-refractivity contribution in [3.8, 4) is 5.75 Å². The van der Waals surface area contributed by atoms with Crippen LogP contribution in [0.3, 0.4) is 0 Å². The lowest BCUT2D eigenvalue weighted by atomic mass is 10.3. The molecule has 31 heavy (non-hydrogen) atoms. The molecule has 1 heterocycles. The molecule has 0 saturated carbocycles. The number of benzene rings is 2. The van der Waals surface area contributed by atoms with Crippen LogP contribution in [-0.2, 0) is 4.79 Å². The number of rotatable bonds is 8. The van der Waals surface area contributed by atoms with Gasteiger partial charge >= 0.3 is 0 Å². The predicted molar refractivity (Wildman–Crippen MR) is 124 cm³/mol. The SMILES string of the molecule is CN(C)CCCN(C(=O)COc1ccc(Cl)cc1Cl)c1nc2c(F)cc(F)cc2s1.Cl. The summed E-state index contributed by atoms with van der Waals surface area (Å²) >= 11 is 13.0. The standard InChI is InChI=1S/C20H19Cl2F2N3O2S.ClH/c1-26(2)6-3-7-27(18(28)11-29-16-5-4-12(21)8-14(16)22)20-25-19-15(24)9-13(23)10-17(19)30-20;/h4-5,8-10H,3,6-7,11H2,1-2H3;1H. The maximum atomic E-state index is 14.1. The van der Waals surface area contributed by atoms with Crippen LogP contribution in [0.15, 0.2) is 30.3 Å². The molecule has 0 aliphatic carbocycles. The normalized spacial score (nSPS) is 10.9. The third-order valence-corrected chi connectivity index (χ3v) is 5.72. The van der Waals surface area contributed by atoms with Crippen molar-refractivity contribution in [1.82, 2.24) is 9.88 Å². The first-order chi connectivity index (χ1) is 14.2. The van der Waals surface area contributed by atoms with E-state index in [4.69, 9.17) is 27.9 Å². The molecule has 0 aliphatic heterocycles. The zero-order chi connectivity index (χ0) is 21.8. The third-order valence-electron chi connectivity index (χ3n) is 4.17. The quantitative estimate of drug-likeness (QED) is 0.392. The van der Waals surface area contributed by atoms with E-state index in [1.54, 1.807) is 12.1 Å². The van der Waals surface area contributed by atoms with Gasteiger partial charge in [-0.1, -0.05) is 34.5 Å². The maximum Gasteiger partial charge on any atom is 0.266 e. The van der Waals surface area contributed by atoms with Crippen molar-refractivity contribution in [2.24, 2.45) is 0 Å². The topological polar surface area (TPSA) is 45.7 Å². The van der Waals surface area contributed by atoms with Crippen LogP contribution >= 0.6 is 46.9 Å². The number of halogens is 5. The number of carbonyl (C=O) groups is 1. The zero-order valence-corrected chi connectivity index (χ0v) is 19.8. The van der Waals surface area contributed by atoms with Gasteiger partial charge in [-0.2, -0.15) is 0 Å². The molecule has 3 rings (SSSR count). The lowest BCUT2D eigenvalue weighted by Crippen LogP contribution is -2.36. The van der Waals surface area contributed by atoms with E-state index >= 15 is 0 Å². The minimum Gasteiger partial charge on any atom is -0.482 e. The average molecular weight is 511 g/mol. The van der Waals surface area contributed by atoms with Crippen molar-refractivity contribution in [3.05, 3.63) is 52.0 Å². The van der Waals surface area contributed by atoms with Gasteiger partial charge in [0.2, 0.25) is 0 Å². The van der Waals surface area contributed by atoms with E-state index in [9.17, 15) is 13.6 Å². The van der Waals surface area contributed by atoms with Crippen molar-refractivity contribution in [2.45, 2.75) is 6.42 Å². The van der Waals surface area contributed by atoms with Crippen molar-refractivity contribution in [1.29, 1.82) is 0 Å². The van der Waals surface area contributed by atoms with Crippen LogP contribution in [0, 0.1) is 11.6 Å². The number of carbonyl (C=O) groups excluding carboxylic acids is 1. The maximum absolute atomic E-state index is 14.1. The molecule has 1 aromatic heterocycles. The first-order valence-corrected chi connectivity index (χ1v) is 10.6. The Bertz CT molecular complexity index is 1070. The zero-order valence-electron chi connectivity index (χ0n) is 16.7. The van der Waals surface area contributed by atoms with Crippen LogP contribution in [0.1, 0.15) is 6.42 Å². The largest absolute Gasteiger partial charge is 0.482 e. The van der Waals surface area contributed by atoms with Gasteiger partial charge in [0.1, 0.15) is 17.1 Å². The third kappa shape index (κ3) is 6.63. The minimum atomic E-state index is -0.766. The molecule has 11 heteroatoms.